The Morgan fingerprint density at radius 3 is 2.67 bits per heavy atom. The van der Waals surface area contributed by atoms with Gasteiger partial charge in [-0.1, -0.05) is 44.1 Å². The number of halogens is 1. The number of rotatable bonds is 4. The predicted octanol–water partition coefficient (Wildman–Crippen LogP) is 5.42. The number of aromatic nitrogens is 4. The van der Waals surface area contributed by atoms with E-state index in [9.17, 15) is 9.59 Å². The van der Waals surface area contributed by atoms with Crippen molar-refractivity contribution in [2.24, 2.45) is 18.4 Å². The normalized spacial score (nSPS) is 16.5. The van der Waals surface area contributed by atoms with Crippen molar-refractivity contribution >= 4 is 56.5 Å². The van der Waals surface area contributed by atoms with Crippen molar-refractivity contribution in [3.05, 3.63) is 55.6 Å². The summed E-state index contributed by atoms with van der Waals surface area (Å²) >= 11 is 8.96. The molecule has 0 N–H and O–H groups in total. The molecule has 0 spiro atoms. The maximum absolute atomic E-state index is 13.3. The van der Waals surface area contributed by atoms with Gasteiger partial charge in [-0.15, -0.1) is 21.5 Å². The van der Waals surface area contributed by atoms with Crippen LogP contribution in [0.4, 0.5) is 0 Å². The SMILES string of the molecule is Cn1c(=O)c2c3c(sc2n2c(SCC(=O)c4ccc(Cl)cc4)nnc12)C[C@H](C(C)(C)C)CC3. The van der Waals surface area contributed by atoms with Gasteiger partial charge < -0.3 is 0 Å². The summed E-state index contributed by atoms with van der Waals surface area (Å²) in [6.07, 6.45) is 2.99. The van der Waals surface area contributed by atoms with E-state index < -0.39 is 0 Å². The molecule has 0 unspecified atom stereocenters. The number of carbonyl (C=O) groups is 1. The molecule has 0 saturated heterocycles. The Kier molecular flexibility index (Phi) is 5.66. The van der Waals surface area contributed by atoms with Gasteiger partial charge in [0, 0.05) is 22.5 Å². The summed E-state index contributed by atoms with van der Waals surface area (Å²) in [5, 5.41) is 10.6. The molecular formula is C24H25ClN4O2S2. The van der Waals surface area contributed by atoms with Crippen LogP contribution in [0.25, 0.3) is 16.0 Å². The van der Waals surface area contributed by atoms with E-state index in [-0.39, 0.29) is 22.5 Å². The van der Waals surface area contributed by atoms with Gasteiger partial charge in [0.2, 0.25) is 5.78 Å². The Morgan fingerprint density at radius 1 is 1.24 bits per heavy atom. The molecule has 1 aliphatic carbocycles. The topological polar surface area (TPSA) is 69.3 Å². The number of thiophene rings is 1. The average molecular weight is 501 g/mol. The van der Waals surface area contributed by atoms with Crippen molar-refractivity contribution in [3.8, 4) is 0 Å². The first-order valence-corrected chi connectivity index (χ1v) is 13.1. The van der Waals surface area contributed by atoms with Crippen LogP contribution in [0.5, 0.6) is 0 Å². The second-order valence-electron chi connectivity index (χ2n) is 9.69. The van der Waals surface area contributed by atoms with Gasteiger partial charge >= 0.3 is 0 Å². The van der Waals surface area contributed by atoms with Gasteiger partial charge in [0.1, 0.15) is 4.83 Å². The largest absolute Gasteiger partial charge is 0.293 e. The number of Topliss-reactive ketones (excluding diaryl/α,β-unsaturated/α-hetero) is 1. The van der Waals surface area contributed by atoms with Crippen LogP contribution in [0, 0.1) is 11.3 Å². The molecule has 5 rings (SSSR count). The first-order chi connectivity index (χ1) is 15.6. The third-order valence-corrected chi connectivity index (χ3v) is 9.03. The van der Waals surface area contributed by atoms with Crippen LogP contribution in [-0.4, -0.2) is 30.7 Å². The maximum atomic E-state index is 13.3. The summed E-state index contributed by atoms with van der Waals surface area (Å²) in [7, 11) is 1.74. The number of carbonyl (C=O) groups excluding carboxylic acids is 1. The summed E-state index contributed by atoms with van der Waals surface area (Å²) < 4.78 is 3.52. The number of nitrogens with zero attached hydrogens (tertiary/aromatic N) is 4. The van der Waals surface area contributed by atoms with Crippen LogP contribution in [0.3, 0.4) is 0 Å². The lowest BCUT2D eigenvalue weighted by molar-refractivity contribution is 0.102. The number of benzene rings is 1. The van der Waals surface area contributed by atoms with Gasteiger partial charge in [-0.05, 0) is 60.4 Å². The van der Waals surface area contributed by atoms with E-state index in [2.05, 4.69) is 31.0 Å². The molecule has 9 heteroatoms. The third-order valence-electron chi connectivity index (χ3n) is 6.61. The van der Waals surface area contributed by atoms with Gasteiger partial charge in [-0.25, -0.2) is 4.40 Å². The number of fused-ring (bicyclic) bond motifs is 5. The Bertz CT molecular complexity index is 1440. The van der Waals surface area contributed by atoms with Crippen molar-refractivity contribution in [1.29, 1.82) is 0 Å². The maximum Gasteiger partial charge on any atom is 0.263 e. The fourth-order valence-electron chi connectivity index (χ4n) is 4.55. The molecule has 0 radical (unpaired) electrons. The van der Waals surface area contributed by atoms with E-state index in [0.717, 1.165) is 29.5 Å². The summed E-state index contributed by atoms with van der Waals surface area (Å²) in [5.74, 6) is 1.31. The molecule has 1 aromatic carbocycles. The Hall–Kier alpha value is -2.16. The van der Waals surface area contributed by atoms with Gasteiger partial charge in [0.05, 0.1) is 11.1 Å². The van der Waals surface area contributed by atoms with E-state index in [0.29, 0.717) is 27.4 Å². The van der Waals surface area contributed by atoms with Crippen LogP contribution >= 0.6 is 34.7 Å². The Morgan fingerprint density at radius 2 is 1.97 bits per heavy atom. The monoisotopic (exact) mass is 500 g/mol. The lowest BCUT2D eigenvalue weighted by atomic mass is 9.72. The molecule has 172 valence electrons. The third kappa shape index (κ3) is 3.92. The van der Waals surface area contributed by atoms with Gasteiger partial charge in [0.15, 0.2) is 10.9 Å². The smallest absolute Gasteiger partial charge is 0.263 e. The van der Waals surface area contributed by atoms with Crippen LogP contribution in [0.2, 0.25) is 5.02 Å². The number of hydrogen-bond donors (Lipinski definition) is 0. The Balaban J connectivity index is 1.56. The van der Waals surface area contributed by atoms with E-state index in [1.165, 1.54) is 22.2 Å². The standard InChI is InChI=1S/C24H25ClN4O2S2/c1-24(2,3)14-7-10-16-18(11-14)33-21-19(16)20(31)28(4)22-26-27-23(29(21)22)32-12-17(30)13-5-8-15(25)9-6-13/h5-6,8-9,14H,7,10-12H2,1-4H3/t14-/m1/s1. The van der Waals surface area contributed by atoms with Crippen molar-refractivity contribution < 1.29 is 4.79 Å². The molecule has 0 fully saturated rings. The van der Waals surface area contributed by atoms with Gasteiger partial charge in [0.25, 0.3) is 5.56 Å². The molecule has 3 aromatic heterocycles. The highest BCUT2D eigenvalue weighted by Gasteiger charge is 2.32. The fraction of sp³-hybridized carbons (Fsp3) is 0.417. The zero-order valence-electron chi connectivity index (χ0n) is 19.0. The molecule has 33 heavy (non-hydrogen) atoms. The summed E-state index contributed by atoms with van der Waals surface area (Å²) in [4.78, 5) is 28.1. The van der Waals surface area contributed by atoms with Crippen molar-refractivity contribution in [2.75, 3.05) is 5.75 Å². The molecule has 0 bridgehead atoms. The van der Waals surface area contributed by atoms with Crippen molar-refractivity contribution in [3.63, 3.8) is 0 Å². The molecular weight excluding hydrogens is 476 g/mol. The molecule has 3 heterocycles. The Labute approximate surface area is 205 Å². The molecule has 0 saturated carbocycles. The van der Waals surface area contributed by atoms with Crippen LogP contribution < -0.4 is 5.56 Å². The second kappa shape index (κ2) is 8.25. The van der Waals surface area contributed by atoms with E-state index in [1.807, 2.05) is 4.40 Å². The van der Waals surface area contributed by atoms with Gasteiger partial charge in [-0.2, -0.15) is 0 Å². The molecule has 0 aliphatic heterocycles. The highest BCUT2D eigenvalue weighted by Crippen LogP contribution is 2.43. The molecule has 4 aromatic rings. The summed E-state index contributed by atoms with van der Waals surface area (Å²) in [6.45, 7) is 6.87. The lowest BCUT2D eigenvalue weighted by Crippen LogP contribution is -2.27. The fourth-order valence-corrected chi connectivity index (χ4v) is 6.98. The number of thioether (sulfide) groups is 1. The zero-order chi connectivity index (χ0) is 23.5. The summed E-state index contributed by atoms with van der Waals surface area (Å²) in [5.41, 5.74) is 2.00. The van der Waals surface area contributed by atoms with Crippen LogP contribution in [-0.2, 0) is 19.9 Å². The molecule has 1 aliphatic rings. The predicted molar refractivity (Wildman–Crippen MR) is 135 cm³/mol. The molecule has 1 atom stereocenters. The van der Waals surface area contributed by atoms with E-state index >= 15 is 0 Å². The van der Waals surface area contributed by atoms with Crippen LogP contribution in [0.1, 0.15) is 48.0 Å². The molecule has 6 nitrogen and oxygen atoms in total. The number of ketones is 1. The minimum absolute atomic E-state index is 0.00651. The van der Waals surface area contributed by atoms with Crippen molar-refractivity contribution in [2.45, 2.75) is 45.2 Å². The quantitative estimate of drug-likeness (QED) is 0.276. The summed E-state index contributed by atoms with van der Waals surface area (Å²) in [6, 6.07) is 6.89. The first-order valence-electron chi connectivity index (χ1n) is 10.9. The highest BCUT2D eigenvalue weighted by atomic mass is 35.5. The number of aryl methyl sites for hydroxylation is 2. The minimum Gasteiger partial charge on any atom is -0.293 e. The number of hydrogen-bond acceptors (Lipinski definition) is 6. The zero-order valence-corrected chi connectivity index (χ0v) is 21.4. The lowest BCUT2D eigenvalue weighted by Gasteiger charge is -2.33. The van der Waals surface area contributed by atoms with Crippen molar-refractivity contribution in [1.82, 2.24) is 19.2 Å². The van der Waals surface area contributed by atoms with E-state index in [4.69, 9.17) is 11.6 Å². The van der Waals surface area contributed by atoms with Gasteiger partial charge in [-0.3, -0.25) is 14.2 Å². The van der Waals surface area contributed by atoms with E-state index in [1.54, 1.807) is 47.2 Å². The average Bonchev–Trinajstić information content (AvgIpc) is 3.36. The minimum atomic E-state index is -0.0228. The highest BCUT2D eigenvalue weighted by molar-refractivity contribution is 7.99. The molecule has 0 amide bonds. The first kappa shape index (κ1) is 22.6. The van der Waals surface area contributed by atoms with Crippen LogP contribution in [0.15, 0.2) is 34.2 Å². The second-order valence-corrected chi connectivity index (χ2v) is 12.2.